The average Bonchev–Trinajstić information content (AvgIpc) is 2.32. The van der Waals surface area contributed by atoms with E-state index >= 15 is 0 Å². The Balaban J connectivity index is 2.22. The number of halogens is 1. The smallest absolute Gasteiger partial charge is 0.134 e. The molecule has 5 heteroatoms. The molecular weight excluding hydrogens is 284 g/mol. The van der Waals surface area contributed by atoms with Crippen LogP contribution in [0.4, 0.5) is 5.82 Å². The zero-order valence-corrected chi connectivity index (χ0v) is 11.4. The summed E-state index contributed by atoms with van der Waals surface area (Å²) < 4.78 is 0.871. The predicted octanol–water partition coefficient (Wildman–Crippen LogP) is 1.54. The van der Waals surface area contributed by atoms with E-state index in [-0.39, 0.29) is 18.6 Å². The molecule has 4 nitrogen and oxygen atoms in total. The van der Waals surface area contributed by atoms with Crippen LogP contribution in [0, 0.1) is 5.92 Å². The fraction of sp³-hybridized carbons (Fsp3) is 0.583. The molecule has 0 radical (unpaired) electrons. The second-order valence-corrected chi connectivity index (χ2v) is 5.49. The molecule has 1 saturated heterocycles. The quantitative estimate of drug-likeness (QED) is 0.870. The predicted molar refractivity (Wildman–Crippen MR) is 69.9 cm³/mol. The van der Waals surface area contributed by atoms with Crippen LogP contribution < -0.4 is 4.90 Å². The summed E-state index contributed by atoms with van der Waals surface area (Å²) in [5.74, 6) is 1.06. The number of piperidine rings is 1. The van der Waals surface area contributed by atoms with E-state index in [1.54, 1.807) is 6.20 Å². The van der Waals surface area contributed by atoms with Gasteiger partial charge in [0.2, 0.25) is 0 Å². The summed E-state index contributed by atoms with van der Waals surface area (Å²) in [6.45, 7) is 3.58. The van der Waals surface area contributed by atoms with Gasteiger partial charge in [-0.25, -0.2) is 4.98 Å². The fourth-order valence-corrected chi connectivity index (χ4v) is 2.58. The molecule has 0 aromatic carbocycles. The Hall–Kier alpha value is -0.650. The number of pyridine rings is 1. The lowest BCUT2D eigenvalue weighted by molar-refractivity contribution is 0.0967. The molecule has 17 heavy (non-hydrogen) atoms. The van der Waals surface area contributed by atoms with Gasteiger partial charge in [-0.05, 0) is 34.3 Å². The second kappa shape index (κ2) is 5.33. The van der Waals surface area contributed by atoms with Crippen molar-refractivity contribution < 1.29 is 10.2 Å². The SMILES string of the molecule is CC1CN(c2ncc(Br)cc2CO)CCC1O. The van der Waals surface area contributed by atoms with Crippen molar-refractivity contribution in [2.45, 2.75) is 26.1 Å². The van der Waals surface area contributed by atoms with E-state index in [1.165, 1.54) is 0 Å². The van der Waals surface area contributed by atoms with Gasteiger partial charge in [0.05, 0.1) is 12.7 Å². The highest BCUT2D eigenvalue weighted by atomic mass is 79.9. The number of hydrogen-bond donors (Lipinski definition) is 2. The van der Waals surface area contributed by atoms with Crippen LogP contribution >= 0.6 is 15.9 Å². The topological polar surface area (TPSA) is 56.6 Å². The van der Waals surface area contributed by atoms with Crippen molar-refractivity contribution in [2.75, 3.05) is 18.0 Å². The molecular formula is C12H17BrN2O2. The summed E-state index contributed by atoms with van der Waals surface area (Å²) in [6, 6.07) is 1.89. The number of aliphatic hydroxyl groups is 2. The standard InChI is InChI=1S/C12H17BrN2O2/c1-8-6-15(3-2-11(8)17)12-9(7-16)4-10(13)5-14-12/h4-5,8,11,16-17H,2-3,6-7H2,1H3. The van der Waals surface area contributed by atoms with Crippen molar-refractivity contribution in [1.29, 1.82) is 0 Å². The molecule has 1 fully saturated rings. The first kappa shape index (κ1) is 12.8. The average molecular weight is 301 g/mol. The van der Waals surface area contributed by atoms with Crippen molar-refractivity contribution in [3.63, 3.8) is 0 Å². The highest BCUT2D eigenvalue weighted by molar-refractivity contribution is 9.10. The van der Waals surface area contributed by atoms with Crippen LogP contribution in [0.2, 0.25) is 0 Å². The van der Waals surface area contributed by atoms with E-state index in [9.17, 15) is 10.2 Å². The summed E-state index contributed by atoms with van der Waals surface area (Å²) in [5, 5.41) is 19.1. The van der Waals surface area contributed by atoms with Gasteiger partial charge in [0, 0.05) is 29.3 Å². The minimum absolute atomic E-state index is 0.0186. The molecule has 2 rings (SSSR count). The monoisotopic (exact) mass is 300 g/mol. The van der Waals surface area contributed by atoms with Crippen LogP contribution in [0.1, 0.15) is 18.9 Å². The van der Waals surface area contributed by atoms with Crippen LogP contribution in [0.25, 0.3) is 0 Å². The van der Waals surface area contributed by atoms with Crippen molar-refractivity contribution >= 4 is 21.7 Å². The number of aromatic nitrogens is 1. The Bertz CT molecular complexity index is 400. The first-order valence-electron chi connectivity index (χ1n) is 5.80. The third-order valence-corrected chi connectivity index (χ3v) is 3.67. The molecule has 2 atom stereocenters. The molecule has 1 aliphatic heterocycles. The van der Waals surface area contributed by atoms with E-state index < -0.39 is 0 Å². The lowest BCUT2D eigenvalue weighted by Crippen LogP contribution is -2.42. The van der Waals surface area contributed by atoms with Crippen LogP contribution in [0.15, 0.2) is 16.7 Å². The molecule has 1 aromatic heterocycles. The highest BCUT2D eigenvalue weighted by Gasteiger charge is 2.26. The van der Waals surface area contributed by atoms with Gasteiger partial charge in [-0.15, -0.1) is 0 Å². The van der Waals surface area contributed by atoms with Crippen molar-refractivity contribution in [3.8, 4) is 0 Å². The van der Waals surface area contributed by atoms with Gasteiger partial charge in [-0.3, -0.25) is 0 Å². The van der Waals surface area contributed by atoms with Crippen molar-refractivity contribution in [3.05, 3.63) is 22.3 Å². The van der Waals surface area contributed by atoms with E-state index in [4.69, 9.17) is 0 Å². The maximum atomic E-state index is 9.71. The lowest BCUT2D eigenvalue weighted by Gasteiger charge is -2.36. The van der Waals surface area contributed by atoms with Gasteiger partial charge in [-0.2, -0.15) is 0 Å². The van der Waals surface area contributed by atoms with Gasteiger partial charge >= 0.3 is 0 Å². The summed E-state index contributed by atoms with van der Waals surface area (Å²) in [6.07, 6.45) is 2.27. The maximum Gasteiger partial charge on any atom is 0.134 e. The van der Waals surface area contributed by atoms with Gasteiger partial charge < -0.3 is 15.1 Å². The van der Waals surface area contributed by atoms with Gasteiger partial charge in [0.1, 0.15) is 5.82 Å². The molecule has 94 valence electrons. The van der Waals surface area contributed by atoms with E-state index in [1.807, 2.05) is 13.0 Å². The Morgan fingerprint density at radius 1 is 1.59 bits per heavy atom. The third-order valence-electron chi connectivity index (χ3n) is 3.24. The number of rotatable bonds is 2. The summed E-state index contributed by atoms with van der Waals surface area (Å²) in [5.41, 5.74) is 0.822. The number of aliphatic hydroxyl groups excluding tert-OH is 2. The molecule has 1 aromatic rings. The Morgan fingerprint density at radius 3 is 3.00 bits per heavy atom. The van der Waals surface area contributed by atoms with Crippen LogP contribution in [0.3, 0.4) is 0 Å². The molecule has 2 heterocycles. The van der Waals surface area contributed by atoms with Gasteiger partial charge in [0.25, 0.3) is 0 Å². The van der Waals surface area contributed by atoms with Gasteiger partial charge in [-0.1, -0.05) is 6.92 Å². The zero-order valence-electron chi connectivity index (χ0n) is 9.80. The summed E-state index contributed by atoms with van der Waals surface area (Å²) in [7, 11) is 0. The van der Waals surface area contributed by atoms with Crippen molar-refractivity contribution in [1.82, 2.24) is 4.98 Å². The van der Waals surface area contributed by atoms with Crippen LogP contribution in [0.5, 0.6) is 0 Å². The normalized spacial score (nSPS) is 25.1. The van der Waals surface area contributed by atoms with Crippen LogP contribution in [-0.4, -0.2) is 34.4 Å². The lowest BCUT2D eigenvalue weighted by atomic mass is 9.96. The molecule has 0 amide bonds. The number of nitrogens with zero attached hydrogens (tertiary/aromatic N) is 2. The Morgan fingerprint density at radius 2 is 2.35 bits per heavy atom. The second-order valence-electron chi connectivity index (χ2n) is 4.57. The number of hydrogen-bond acceptors (Lipinski definition) is 4. The van der Waals surface area contributed by atoms with Gasteiger partial charge in [0.15, 0.2) is 0 Å². The zero-order chi connectivity index (χ0) is 12.4. The first-order valence-corrected chi connectivity index (χ1v) is 6.59. The fourth-order valence-electron chi connectivity index (χ4n) is 2.20. The molecule has 1 aliphatic rings. The van der Waals surface area contributed by atoms with Crippen molar-refractivity contribution in [2.24, 2.45) is 5.92 Å². The largest absolute Gasteiger partial charge is 0.393 e. The van der Waals surface area contributed by atoms with E-state index in [0.29, 0.717) is 0 Å². The Kier molecular flexibility index (Phi) is 4.01. The maximum absolute atomic E-state index is 9.71. The first-order chi connectivity index (χ1) is 8.11. The minimum atomic E-state index is -0.223. The molecule has 0 spiro atoms. The summed E-state index contributed by atoms with van der Waals surface area (Å²) in [4.78, 5) is 6.50. The molecule has 2 unspecified atom stereocenters. The van der Waals surface area contributed by atoms with E-state index in [0.717, 1.165) is 35.4 Å². The van der Waals surface area contributed by atoms with E-state index in [2.05, 4.69) is 25.8 Å². The van der Waals surface area contributed by atoms with Crippen LogP contribution in [-0.2, 0) is 6.61 Å². The highest BCUT2D eigenvalue weighted by Crippen LogP contribution is 2.26. The molecule has 0 aliphatic carbocycles. The molecule has 0 saturated carbocycles. The number of anilines is 1. The molecule has 0 bridgehead atoms. The Labute approximate surface area is 109 Å². The third kappa shape index (κ3) is 2.78. The molecule has 2 N–H and O–H groups in total. The minimum Gasteiger partial charge on any atom is -0.393 e. The summed E-state index contributed by atoms with van der Waals surface area (Å²) >= 11 is 3.35.